The Hall–Kier alpha value is -2.34. The predicted molar refractivity (Wildman–Crippen MR) is 186 cm³/mol. The largest absolute Gasteiger partial charge is 0.0859 e. The second-order valence-electron chi connectivity index (χ2n) is 12.7. The summed E-state index contributed by atoms with van der Waals surface area (Å²) >= 11 is 0. The van der Waals surface area contributed by atoms with Gasteiger partial charge in [-0.05, 0) is 119 Å². The maximum Gasteiger partial charge on any atom is -0.0320 e. The summed E-state index contributed by atoms with van der Waals surface area (Å²) < 4.78 is 0. The summed E-state index contributed by atoms with van der Waals surface area (Å²) in [5.74, 6) is 1.63. The van der Waals surface area contributed by atoms with Crippen LogP contribution in [-0.4, -0.2) is 0 Å². The van der Waals surface area contributed by atoms with Crippen LogP contribution in [0.15, 0.2) is 106 Å². The Morgan fingerprint density at radius 3 is 1.20 bits per heavy atom. The third-order valence-corrected chi connectivity index (χ3v) is 7.27. The molecule has 0 spiro atoms. The molecule has 0 saturated carbocycles. The Balaban J connectivity index is 4.37. The van der Waals surface area contributed by atoms with Crippen LogP contribution in [0.5, 0.6) is 0 Å². The molecule has 0 aliphatic rings. The van der Waals surface area contributed by atoms with Crippen LogP contribution in [0.4, 0.5) is 0 Å². The van der Waals surface area contributed by atoms with Gasteiger partial charge in [-0.1, -0.05) is 133 Å². The van der Waals surface area contributed by atoms with Gasteiger partial charge < -0.3 is 0 Å². The fourth-order valence-electron chi connectivity index (χ4n) is 4.48. The van der Waals surface area contributed by atoms with E-state index in [1.165, 1.54) is 97.6 Å². The standard InChI is InChI=1S/C40H64/c1-33(2)19-13-23-37(7)27-17-31-39(9)29-15-25-35(5)21-11-12-22-36(6)26-16-30-40(10)32-18-28-38(8)24-14-20-34(3)4/h11-12,15-16,19-22,25-26,29-30,37-38H,13-14,17-18,23-24,27-28,31-32H2,1-10H3/b12-11+,25-15+,26-16+,35-21+,36-22+,39-29+,40-30+. The van der Waals surface area contributed by atoms with Crippen molar-refractivity contribution in [3.8, 4) is 0 Å². The SMILES string of the molecule is CC(C)=CCCC(C)CCC/C(C)=C/C=C/C(C)=C/C=C/C=C(C)/C=C/C=C(\C)CCCC(C)CCC=C(C)C. The lowest BCUT2D eigenvalue weighted by Gasteiger charge is -2.09. The molecule has 0 N–H and O–H groups in total. The van der Waals surface area contributed by atoms with Gasteiger partial charge in [0.1, 0.15) is 0 Å². The van der Waals surface area contributed by atoms with Crippen LogP contribution in [0.2, 0.25) is 0 Å². The minimum atomic E-state index is 0.816. The van der Waals surface area contributed by atoms with E-state index in [2.05, 4.69) is 142 Å². The van der Waals surface area contributed by atoms with Crippen molar-refractivity contribution >= 4 is 0 Å². The highest BCUT2D eigenvalue weighted by Crippen LogP contribution is 2.18. The molecule has 0 aliphatic heterocycles. The summed E-state index contributed by atoms with van der Waals surface area (Å²) in [6.07, 6.45) is 39.3. The molecule has 0 nitrogen and oxygen atoms in total. The Labute approximate surface area is 251 Å². The molecule has 40 heavy (non-hydrogen) atoms. The van der Waals surface area contributed by atoms with Gasteiger partial charge in [0.15, 0.2) is 0 Å². The molecule has 0 heterocycles. The van der Waals surface area contributed by atoms with E-state index < -0.39 is 0 Å². The second-order valence-corrected chi connectivity index (χ2v) is 12.7. The van der Waals surface area contributed by atoms with Crippen LogP contribution >= 0.6 is 0 Å². The fourth-order valence-corrected chi connectivity index (χ4v) is 4.48. The Kier molecular flexibility index (Phi) is 23.0. The smallest absolute Gasteiger partial charge is 0.0320 e. The molecule has 0 aromatic carbocycles. The number of hydrogen-bond donors (Lipinski definition) is 0. The van der Waals surface area contributed by atoms with Crippen molar-refractivity contribution in [3.05, 3.63) is 106 Å². The highest BCUT2D eigenvalue weighted by Gasteiger charge is 2.02. The maximum absolute atomic E-state index is 2.39. The van der Waals surface area contributed by atoms with Crippen LogP contribution in [0.25, 0.3) is 0 Å². The molecular formula is C40H64. The average molecular weight is 545 g/mol. The van der Waals surface area contributed by atoms with E-state index in [1.54, 1.807) is 0 Å². The van der Waals surface area contributed by atoms with Crippen LogP contribution in [0.3, 0.4) is 0 Å². The molecule has 0 rings (SSSR count). The highest BCUT2D eigenvalue weighted by molar-refractivity contribution is 5.29. The third kappa shape index (κ3) is 25.9. The predicted octanol–water partition coefficient (Wildman–Crippen LogP) is 13.5. The zero-order valence-electron chi connectivity index (χ0n) is 28.2. The van der Waals surface area contributed by atoms with Gasteiger partial charge in [-0.25, -0.2) is 0 Å². The molecule has 224 valence electrons. The summed E-state index contributed by atoms with van der Waals surface area (Å²) in [4.78, 5) is 0. The van der Waals surface area contributed by atoms with Crippen LogP contribution in [-0.2, 0) is 0 Å². The van der Waals surface area contributed by atoms with Gasteiger partial charge in [-0.15, -0.1) is 0 Å². The van der Waals surface area contributed by atoms with Gasteiger partial charge in [0, 0.05) is 0 Å². The molecule has 0 heteroatoms. The molecule has 2 atom stereocenters. The molecular weight excluding hydrogens is 480 g/mol. The first kappa shape index (κ1) is 37.7. The molecule has 0 bridgehead atoms. The van der Waals surface area contributed by atoms with E-state index in [0.29, 0.717) is 0 Å². The van der Waals surface area contributed by atoms with E-state index in [-0.39, 0.29) is 0 Å². The van der Waals surface area contributed by atoms with Crippen LogP contribution in [0, 0.1) is 11.8 Å². The zero-order valence-corrected chi connectivity index (χ0v) is 28.2. The van der Waals surface area contributed by atoms with Crippen molar-refractivity contribution in [1.82, 2.24) is 0 Å². The van der Waals surface area contributed by atoms with E-state index in [0.717, 1.165) is 11.8 Å². The van der Waals surface area contributed by atoms with Crippen molar-refractivity contribution in [2.24, 2.45) is 11.8 Å². The quantitative estimate of drug-likeness (QED) is 0.106. The zero-order chi connectivity index (χ0) is 30.2. The Bertz CT molecular complexity index is 862. The normalized spacial score (nSPS) is 15.3. The van der Waals surface area contributed by atoms with Crippen molar-refractivity contribution in [2.75, 3.05) is 0 Å². The van der Waals surface area contributed by atoms with Crippen LogP contribution < -0.4 is 0 Å². The molecule has 0 aliphatic carbocycles. The summed E-state index contributed by atoms with van der Waals surface area (Å²) in [5.41, 5.74) is 8.34. The van der Waals surface area contributed by atoms with Gasteiger partial charge >= 0.3 is 0 Å². The molecule has 0 fully saturated rings. The first-order chi connectivity index (χ1) is 19.0. The highest BCUT2D eigenvalue weighted by atomic mass is 14.1. The lowest BCUT2D eigenvalue weighted by Crippen LogP contribution is -1.94. The van der Waals surface area contributed by atoms with E-state index in [4.69, 9.17) is 0 Å². The first-order valence-corrected chi connectivity index (χ1v) is 16.0. The number of rotatable bonds is 20. The summed E-state index contributed by atoms with van der Waals surface area (Å²) in [5, 5.41) is 0. The molecule has 2 unspecified atom stereocenters. The van der Waals surface area contributed by atoms with Gasteiger partial charge in [0.2, 0.25) is 0 Å². The summed E-state index contributed by atoms with van der Waals surface area (Å²) in [6.45, 7) is 22.4. The maximum atomic E-state index is 2.39. The van der Waals surface area contributed by atoms with Gasteiger partial charge in [0.25, 0.3) is 0 Å². The Morgan fingerprint density at radius 2 is 0.850 bits per heavy atom. The minimum Gasteiger partial charge on any atom is -0.0859 e. The summed E-state index contributed by atoms with van der Waals surface area (Å²) in [6, 6.07) is 0. The lowest BCUT2D eigenvalue weighted by molar-refractivity contribution is 0.478. The topological polar surface area (TPSA) is 0 Å². The van der Waals surface area contributed by atoms with Gasteiger partial charge in [0.05, 0.1) is 0 Å². The van der Waals surface area contributed by atoms with Crippen molar-refractivity contribution in [2.45, 2.75) is 133 Å². The van der Waals surface area contributed by atoms with E-state index in [9.17, 15) is 0 Å². The van der Waals surface area contributed by atoms with Gasteiger partial charge in [-0.3, -0.25) is 0 Å². The molecule has 0 saturated heterocycles. The van der Waals surface area contributed by atoms with Gasteiger partial charge in [-0.2, -0.15) is 0 Å². The van der Waals surface area contributed by atoms with Crippen LogP contribution in [0.1, 0.15) is 133 Å². The summed E-state index contributed by atoms with van der Waals surface area (Å²) in [7, 11) is 0. The Morgan fingerprint density at radius 1 is 0.475 bits per heavy atom. The average Bonchev–Trinajstić information content (AvgIpc) is 2.86. The lowest BCUT2D eigenvalue weighted by atomic mass is 9.97. The number of allylic oxidation sites excluding steroid dienone is 18. The van der Waals surface area contributed by atoms with Crippen molar-refractivity contribution in [3.63, 3.8) is 0 Å². The van der Waals surface area contributed by atoms with Crippen molar-refractivity contribution < 1.29 is 0 Å². The monoisotopic (exact) mass is 545 g/mol. The second kappa shape index (κ2) is 24.5. The fraction of sp³-hybridized carbons (Fsp3) is 0.550. The molecule has 0 aromatic rings. The first-order valence-electron chi connectivity index (χ1n) is 16.0. The third-order valence-electron chi connectivity index (χ3n) is 7.27. The number of hydrogen-bond acceptors (Lipinski definition) is 0. The molecule has 0 amide bonds. The van der Waals surface area contributed by atoms with E-state index in [1.807, 2.05) is 0 Å². The molecule has 0 radical (unpaired) electrons. The minimum absolute atomic E-state index is 0.816. The molecule has 0 aromatic heterocycles. The van der Waals surface area contributed by atoms with Crippen molar-refractivity contribution in [1.29, 1.82) is 0 Å². The van der Waals surface area contributed by atoms with E-state index >= 15 is 0 Å².